The Kier molecular flexibility index (Phi) is 1.69. The Hall–Kier alpha value is -0.0400. The van der Waals surface area contributed by atoms with Crippen molar-refractivity contribution in [1.29, 1.82) is 0 Å². The van der Waals surface area contributed by atoms with Gasteiger partial charge in [0.25, 0.3) is 0 Å². The number of hydrogen-bond acceptors (Lipinski definition) is 1. The molecule has 0 N–H and O–H groups in total. The third-order valence-corrected chi connectivity index (χ3v) is 3.27. The number of fused-ring (bicyclic) bond motifs is 1. The quantitative estimate of drug-likeness (QED) is 0.500. The van der Waals surface area contributed by atoms with Gasteiger partial charge in [-0.25, -0.2) is 0 Å². The maximum atomic E-state index is 5.45. The van der Waals surface area contributed by atoms with E-state index in [0.717, 1.165) is 31.0 Å². The molecule has 1 heterocycles. The van der Waals surface area contributed by atoms with Crippen LogP contribution >= 0.6 is 0 Å². The van der Waals surface area contributed by atoms with Crippen LogP contribution in [0.25, 0.3) is 0 Å². The molecule has 0 amide bonds. The Balaban J connectivity index is 2.01. The molecule has 1 heteroatoms. The average Bonchev–Trinajstić information content (AvgIpc) is 2.34. The summed E-state index contributed by atoms with van der Waals surface area (Å²) < 4.78 is 5.45. The minimum atomic E-state index is 0.911. The number of rotatable bonds is 0. The van der Waals surface area contributed by atoms with Crippen LogP contribution in [0.15, 0.2) is 0 Å². The molecule has 0 radical (unpaired) electrons. The van der Waals surface area contributed by atoms with Crippen LogP contribution in [0, 0.1) is 17.8 Å². The first kappa shape index (κ1) is 6.66. The van der Waals surface area contributed by atoms with Crippen molar-refractivity contribution in [2.75, 3.05) is 13.2 Å². The second-order valence-corrected chi connectivity index (χ2v) is 3.84. The molecule has 0 aromatic carbocycles. The molecule has 0 aromatic heterocycles. The average molecular weight is 140 g/mol. The molecule has 0 bridgehead atoms. The first-order valence-corrected chi connectivity index (χ1v) is 4.45. The van der Waals surface area contributed by atoms with Crippen molar-refractivity contribution in [3.63, 3.8) is 0 Å². The molecule has 2 fully saturated rings. The molecule has 2 rings (SSSR count). The minimum absolute atomic E-state index is 0.911. The summed E-state index contributed by atoms with van der Waals surface area (Å²) in [6.07, 6.45) is 4.24. The fraction of sp³-hybridized carbons (Fsp3) is 1.00. The van der Waals surface area contributed by atoms with Crippen LogP contribution in [0.4, 0.5) is 0 Å². The van der Waals surface area contributed by atoms with Crippen molar-refractivity contribution < 1.29 is 4.74 Å². The molecule has 58 valence electrons. The van der Waals surface area contributed by atoms with E-state index in [1.165, 1.54) is 19.3 Å². The summed E-state index contributed by atoms with van der Waals surface area (Å²) in [4.78, 5) is 0. The Morgan fingerprint density at radius 3 is 2.90 bits per heavy atom. The van der Waals surface area contributed by atoms with Crippen molar-refractivity contribution in [2.45, 2.75) is 26.2 Å². The molecule has 0 spiro atoms. The zero-order valence-corrected chi connectivity index (χ0v) is 6.68. The molecule has 1 nitrogen and oxygen atoms in total. The van der Waals surface area contributed by atoms with Crippen molar-refractivity contribution in [3.05, 3.63) is 0 Å². The fourth-order valence-electron chi connectivity index (χ4n) is 2.48. The van der Waals surface area contributed by atoms with Crippen LogP contribution in [0.2, 0.25) is 0 Å². The van der Waals surface area contributed by atoms with Crippen LogP contribution in [0.5, 0.6) is 0 Å². The van der Waals surface area contributed by atoms with Crippen LogP contribution < -0.4 is 0 Å². The largest absolute Gasteiger partial charge is 0.381 e. The highest BCUT2D eigenvalue weighted by molar-refractivity contribution is 4.84. The summed E-state index contributed by atoms with van der Waals surface area (Å²) in [5.74, 6) is 2.86. The molecular formula is C9H16O. The molecule has 1 aliphatic heterocycles. The highest BCUT2D eigenvalue weighted by Crippen LogP contribution is 2.40. The van der Waals surface area contributed by atoms with Crippen LogP contribution in [-0.4, -0.2) is 13.2 Å². The monoisotopic (exact) mass is 140 g/mol. The second kappa shape index (κ2) is 2.54. The first-order chi connectivity index (χ1) is 4.88. The van der Waals surface area contributed by atoms with E-state index in [0.29, 0.717) is 0 Å². The summed E-state index contributed by atoms with van der Waals surface area (Å²) >= 11 is 0. The van der Waals surface area contributed by atoms with Gasteiger partial charge in [0.05, 0.1) is 0 Å². The van der Waals surface area contributed by atoms with Crippen molar-refractivity contribution in [1.82, 2.24) is 0 Å². The second-order valence-electron chi connectivity index (χ2n) is 3.84. The van der Waals surface area contributed by atoms with Gasteiger partial charge in [0.15, 0.2) is 0 Å². The summed E-state index contributed by atoms with van der Waals surface area (Å²) in [5.41, 5.74) is 0. The van der Waals surface area contributed by atoms with E-state index in [-0.39, 0.29) is 0 Å². The van der Waals surface area contributed by atoms with Gasteiger partial charge in [0.1, 0.15) is 0 Å². The van der Waals surface area contributed by atoms with E-state index >= 15 is 0 Å². The Bertz CT molecular complexity index is 120. The predicted octanol–water partition coefficient (Wildman–Crippen LogP) is 2.07. The van der Waals surface area contributed by atoms with Crippen molar-refractivity contribution in [3.8, 4) is 0 Å². The molecule has 1 aliphatic carbocycles. The Morgan fingerprint density at radius 2 is 2.10 bits per heavy atom. The molecule has 2 aliphatic rings. The maximum Gasteiger partial charge on any atom is 0.0499 e. The third kappa shape index (κ3) is 0.968. The third-order valence-electron chi connectivity index (χ3n) is 3.27. The smallest absolute Gasteiger partial charge is 0.0499 e. The van der Waals surface area contributed by atoms with E-state index in [1.807, 2.05) is 0 Å². The zero-order valence-electron chi connectivity index (χ0n) is 6.68. The topological polar surface area (TPSA) is 9.23 Å². The summed E-state index contributed by atoms with van der Waals surface area (Å²) in [7, 11) is 0. The summed E-state index contributed by atoms with van der Waals surface area (Å²) in [5, 5.41) is 0. The molecule has 0 unspecified atom stereocenters. The van der Waals surface area contributed by atoms with Crippen LogP contribution in [0.1, 0.15) is 26.2 Å². The Morgan fingerprint density at radius 1 is 1.20 bits per heavy atom. The van der Waals surface area contributed by atoms with E-state index in [4.69, 9.17) is 4.74 Å². The van der Waals surface area contributed by atoms with Crippen LogP contribution in [-0.2, 0) is 4.74 Å². The van der Waals surface area contributed by atoms with E-state index in [9.17, 15) is 0 Å². The normalized spacial score (nSPS) is 47.1. The SMILES string of the molecule is C[C@@H]1CC[C@H]2CCOC[C@H]21. The van der Waals surface area contributed by atoms with Gasteiger partial charge >= 0.3 is 0 Å². The fourth-order valence-corrected chi connectivity index (χ4v) is 2.48. The number of hydrogen-bond donors (Lipinski definition) is 0. The molecule has 1 saturated heterocycles. The van der Waals surface area contributed by atoms with E-state index in [1.54, 1.807) is 0 Å². The Labute approximate surface area is 62.8 Å². The lowest BCUT2D eigenvalue weighted by Gasteiger charge is -2.27. The van der Waals surface area contributed by atoms with E-state index in [2.05, 4.69) is 6.92 Å². The lowest BCUT2D eigenvalue weighted by molar-refractivity contribution is 0.0175. The summed E-state index contributed by atoms with van der Waals surface area (Å²) in [6.45, 7) is 4.44. The minimum Gasteiger partial charge on any atom is -0.381 e. The van der Waals surface area contributed by atoms with Gasteiger partial charge in [-0.05, 0) is 30.6 Å². The lowest BCUT2D eigenvalue weighted by atomic mass is 9.88. The standard InChI is InChI=1S/C9H16O/c1-7-2-3-8-4-5-10-6-9(7)8/h7-9H,2-6H2,1H3/t7-,8+,9+/m1/s1. The maximum absolute atomic E-state index is 5.45. The van der Waals surface area contributed by atoms with Gasteiger partial charge in [-0.1, -0.05) is 13.3 Å². The summed E-state index contributed by atoms with van der Waals surface area (Å²) in [6, 6.07) is 0. The lowest BCUT2D eigenvalue weighted by Crippen LogP contribution is -2.26. The van der Waals surface area contributed by atoms with Crippen LogP contribution in [0.3, 0.4) is 0 Å². The van der Waals surface area contributed by atoms with Gasteiger partial charge < -0.3 is 4.74 Å². The highest BCUT2D eigenvalue weighted by atomic mass is 16.5. The van der Waals surface area contributed by atoms with Gasteiger partial charge in [-0.15, -0.1) is 0 Å². The predicted molar refractivity (Wildman–Crippen MR) is 40.8 cm³/mol. The van der Waals surface area contributed by atoms with Crippen molar-refractivity contribution >= 4 is 0 Å². The molecule has 10 heavy (non-hydrogen) atoms. The first-order valence-electron chi connectivity index (χ1n) is 4.45. The van der Waals surface area contributed by atoms with Gasteiger partial charge in [0.2, 0.25) is 0 Å². The zero-order chi connectivity index (χ0) is 6.97. The van der Waals surface area contributed by atoms with Gasteiger partial charge in [-0.2, -0.15) is 0 Å². The van der Waals surface area contributed by atoms with Gasteiger partial charge in [0, 0.05) is 13.2 Å². The number of ether oxygens (including phenoxy) is 1. The molecule has 1 saturated carbocycles. The van der Waals surface area contributed by atoms with Crippen molar-refractivity contribution in [2.24, 2.45) is 17.8 Å². The molecule has 3 atom stereocenters. The van der Waals surface area contributed by atoms with Gasteiger partial charge in [-0.3, -0.25) is 0 Å². The molecular weight excluding hydrogens is 124 g/mol. The van der Waals surface area contributed by atoms with E-state index < -0.39 is 0 Å². The highest BCUT2D eigenvalue weighted by Gasteiger charge is 2.35. The molecule has 0 aromatic rings.